The van der Waals surface area contributed by atoms with Crippen molar-refractivity contribution in [3.05, 3.63) is 30.1 Å². The topological polar surface area (TPSA) is 74.5 Å². The van der Waals surface area contributed by atoms with Crippen molar-refractivity contribution >= 4 is 17.4 Å². The van der Waals surface area contributed by atoms with Crippen LogP contribution < -0.4 is 5.43 Å². The normalized spacial score (nSPS) is 10.5. The summed E-state index contributed by atoms with van der Waals surface area (Å²) in [6, 6.07) is 7.07. The molecule has 17 heavy (non-hydrogen) atoms. The number of halogens is 1. The minimum Gasteiger partial charge on any atom is -0.461 e. The van der Waals surface area contributed by atoms with Crippen molar-refractivity contribution in [2.45, 2.75) is 6.92 Å². The molecule has 0 spiro atoms. The Morgan fingerprint density at radius 3 is 3.00 bits per heavy atom. The number of hydrogen-bond donors (Lipinski definition) is 1. The molecule has 0 saturated heterocycles. The molecule has 0 amide bonds. The number of nitrogens with zero attached hydrogens (tertiary/aromatic N) is 2. The van der Waals surface area contributed by atoms with Crippen LogP contribution >= 0.6 is 0 Å². The van der Waals surface area contributed by atoms with Gasteiger partial charge in [0.1, 0.15) is 11.9 Å². The summed E-state index contributed by atoms with van der Waals surface area (Å²) in [5, 5.41) is 12.2. The van der Waals surface area contributed by atoms with Crippen LogP contribution in [0, 0.1) is 17.1 Å². The first-order valence-corrected chi connectivity index (χ1v) is 4.84. The zero-order valence-corrected chi connectivity index (χ0v) is 9.11. The number of carbonyl (C=O) groups excluding carboxylic acids is 1. The summed E-state index contributed by atoms with van der Waals surface area (Å²) in [6.07, 6.45) is 0. The minimum atomic E-state index is -0.820. The fourth-order valence-corrected chi connectivity index (χ4v) is 0.994. The van der Waals surface area contributed by atoms with E-state index in [9.17, 15) is 9.18 Å². The van der Waals surface area contributed by atoms with Gasteiger partial charge in [-0.15, -0.1) is 0 Å². The van der Waals surface area contributed by atoms with Gasteiger partial charge in [-0.25, -0.2) is 9.18 Å². The molecule has 0 atom stereocenters. The summed E-state index contributed by atoms with van der Waals surface area (Å²) in [5.41, 5.74) is 2.32. The number of hydrogen-bond acceptors (Lipinski definition) is 5. The Kier molecular flexibility index (Phi) is 4.63. The highest BCUT2D eigenvalue weighted by atomic mass is 19.1. The predicted molar refractivity (Wildman–Crippen MR) is 59.7 cm³/mol. The highest BCUT2D eigenvalue weighted by Crippen LogP contribution is 2.08. The summed E-state index contributed by atoms with van der Waals surface area (Å²) < 4.78 is 17.4. The fourth-order valence-electron chi connectivity index (χ4n) is 0.994. The standard InChI is InChI=1S/C11H10FN3O2/c1-2-17-11(16)10(7-13)15-14-9-5-3-4-8(12)6-9/h3-6,14H,2H2,1H3/b15-10-. The van der Waals surface area contributed by atoms with E-state index in [0.717, 1.165) is 0 Å². The molecule has 0 aliphatic rings. The SMILES string of the molecule is CCOC(=O)/C(C#N)=N\Nc1cccc(F)c1. The molecule has 0 fully saturated rings. The van der Waals surface area contributed by atoms with E-state index in [0.29, 0.717) is 5.69 Å². The number of ether oxygens (including phenoxy) is 1. The molecule has 0 aromatic heterocycles. The van der Waals surface area contributed by atoms with Crippen LogP contribution in [0.5, 0.6) is 0 Å². The quantitative estimate of drug-likeness (QED) is 0.489. The van der Waals surface area contributed by atoms with E-state index in [1.54, 1.807) is 19.1 Å². The summed E-state index contributed by atoms with van der Waals surface area (Å²) in [4.78, 5) is 11.2. The molecule has 1 rings (SSSR count). The third kappa shape index (κ3) is 3.91. The lowest BCUT2D eigenvalue weighted by molar-refractivity contribution is -0.134. The number of carbonyl (C=O) groups is 1. The molecule has 5 nitrogen and oxygen atoms in total. The second-order valence-electron chi connectivity index (χ2n) is 2.91. The van der Waals surface area contributed by atoms with E-state index in [-0.39, 0.29) is 6.61 Å². The molecule has 0 bridgehead atoms. The molecule has 0 aliphatic heterocycles. The van der Waals surface area contributed by atoms with Crippen molar-refractivity contribution in [3.8, 4) is 6.07 Å². The third-order valence-corrected chi connectivity index (χ3v) is 1.70. The van der Waals surface area contributed by atoms with E-state index in [1.165, 1.54) is 18.2 Å². The van der Waals surface area contributed by atoms with Crippen molar-refractivity contribution in [2.24, 2.45) is 5.10 Å². The Balaban J connectivity index is 2.75. The van der Waals surface area contributed by atoms with Crippen LogP contribution in [0.1, 0.15) is 6.92 Å². The zero-order valence-electron chi connectivity index (χ0n) is 9.11. The second kappa shape index (κ2) is 6.23. The van der Waals surface area contributed by atoms with Gasteiger partial charge in [0, 0.05) is 0 Å². The largest absolute Gasteiger partial charge is 0.461 e. The van der Waals surface area contributed by atoms with Gasteiger partial charge in [0.15, 0.2) is 0 Å². The first kappa shape index (κ1) is 12.6. The van der Waals surface area contributed by atoms with Crippen molar-refractivity contribution < 1.29 is 13.9 Å². The van der Waals surface area contributed by atoms with Gasteiger partial charge in [-0.3, -0.25) is 5.43 Å². The average Bonchev–Trinajstić information content (AvgIpc) is 2.30. The van der Waals surface area contributed by atoms with Crippen molar-refractivity contribution in [1.29, 1.82) is 5.26 Å². The molecule has 1 aromatic rings. The molecular formula is C11H10FN3O2. The Labute approximate surface area is 97.5 Å². The Hall–Kier alpha value is -2.42. The van der Waals surface area contributed by atoms with Crippen molar-refractivity contribution in [2.75, 3.05) is 12.0 Å². The predicted octanol–water partition coefficient (Wildman–Crippen LogP) is 1.68. The van der Waals surface area contributed by atoms with E-state index in [2.05, 4.69) is 15.3 Å². The minimum absolute atomic E-state index is 0.152. The smallest absolute Gasteiger partial charge is 0.369 e. The van der Waals surface area contributed by atoms with Gasteiger partial charge in [0.25, 0.3) is 0 Å². The maximum atomic E-state index is 12.8. The number of benzene rings is 1. The average molecular weight is 235 g/mol. The van der Waals surface area contributed by atoms with Gasteiger partial charge < -0.3 is 4.74 Å². The van der Waals surface area contributed by atoms with Crippen LogP contribution in [0.15, 0.2) is 29.4 Å². The van der Waals surface area contributed by atoms with Crippen LogP contribution in [0.4, 0.5) is 10.1 Å². The molecule has 0 saturated carbocycles. The summed E-state index contributed by atoms with van der Waals surface area (Å²) in [6.45, 7) is 1.77. The molecule has 0 heterocycles. The maximum absolute atomic E-state index is 12.8. The van der Waals surface area contributed by atoms with Crippen LogP contribution in [-0.4, -0.2) is 18.3 Å². The number of hydrazone groups is 1. The highest BCUT2D eigenvalue weighted by Gasteiger charge is 2.11. The lowest BCUT2D eigenvalue weighted by Crippen LogP contribution is -2.17. The van der Waals surface area contributed by atoms with Gasteiger partial charge >= 0.3 is 5.97 Å². The molecule has 1 aromatic carbocycles. The summed E-state index contributed by atoms with van der Waals surface area (Å²) in [7, 11) is 0. The molecular weight excluding hydrogens is 225 g/mol. The molecule has 0 radical (unpaired) electrons. The van der Waals surface area contributed by atoms with E-state index in [4.69, 9.17) is 5.26 Å². The maximum Gasteiger partial charge on any atom is 0.369 e. The lowest BCUT2D eigenvalue weighted by atomic mass is 10.3. The van der Waals surface area contributed by atoms with E-state index < -0.39 is 17.5 Å². The monoisotopic (exact) mass is 235 g/mol. The second-order valence-corrected chi connectivity index (χ2v) is 2.91. The zero-order chi connectivity index (χ0) is 12.7. The molecule has 1 N–H and O–H groups in total. The first-order chi connectivity index (χ1) is 8.17. The molecule has 6 heteroatoms. The number of esters is 1. The molecule has 0 aliphatic carbocycles. The van der Waals surface area contributed by atoms with E-state index in [1.807, 2.05) is 0 Å². The number of anilines is 1. The highest BCUT2D eigenvalue weighted by molar-refractivity contribution is 6.43. The Bertz CT molecular complexity index is 480. The van der Waals surface area contributed by atoms with Gasteiger partial charge in [-0.2, -0.15) is 10.4 Å². The van der Waals surface area contributed by atoms with Gasteiger partial charge in [0.2, 0.25) is 5.71 Å². The molecule has 88 valence electrons. The van der Waals surface area contributed by atoms with Crippen LogP contribution in [-0.2, 0) is 9.53 Å². The third-order valence-electron chi connectivity index (χ3n) is 1.70. The van der Waals surface area contributed by atoms with Crippen molar-refractivity contribution in [1.82, 2.24) is 0 Å². The van der Waals surface area contributed by atoms with Gasteiger partial charge in [-0.1, -0.05) is 6.07 Å². The molecule has 0 unspecified atom stereocenters. The Morgan fingerprint density at radius 2 is 2.41 bits per heavy atom. The van der Waals surface area contributed by atoms with Crippen LogP contribution in [0.3, 0.4) is 0 Å². The number of nitrogens with one attached hydrogen (secondary N) is 1. The first-order valence-electron chi connectivity index (χ1n) is 4.84. The summed E-state index contributed by atoms with van der Waals surface area (Å²) in [5.74, 6) is -1.27. The fraction of sp³-hybridized carbons (Fsp3) is 0.182. The van der Waals surface area contributed by atoms with Gasteiger partial charge in [-0.05, 0) is 25.1 Å². The Morgan fingerprint density at radius 1 is 1.65 bits per heavy atom. The van der Waals surface area contributed by atoms with Crippen molar-refractivity contribution in [3.63, 3.8) is 0 Å². The number of nitriles is 1. The lowest BCUT2D eigenvalue weighted by Gasteiger charge is -2.01. The van der Waals surface area contributed by atoms with Gasteiger partial charge in [0.05, 0.1) is 12.3 Å². The van der Waals surface area contributed by atoms with Crippen LogP contribution in [0.2, 0.25) is 0 Å². The summed E-state index contributed by atoms with van der Waals surface area (Å²) >= 11 is 0. The number of rotatable bonds is 4. The van der Waals surface area contributed by atoms with E-state index >= 15 is 0 Å². The van der Waals surface area contributed by atoms with Crippen LogP contribution in [0.25, 0.3) is 0 Å².